The van der Waals surface area contributed by atoms with E-state index >= 15 is 0 Å². The summed E-state index contributed by atoms with van der Waals surface area (Å²) in [5.74, 6) is 1.53. The SMILES string of the molecule is O=C(c1ccc(CSc2nc(Cl)cc(N3CCN(c4ccc(Cl)cc4)CC3)n2)cc1)N(CCc1ccccc1)Cc1ccccc1. The number of piperazine rings is 1. The Balaban J connectivity index is 1.07. The molecule has 6 nitrogen and oxygen atoms in total. The first kappa shape index (κ1) is 31.9. The molecule has 0 aliphatic carbocycles. The van der Waals surface area contributed by atoms with E-state index in [9.17, 15) is 4.79 Å². The van der Waals surface area contributed by atoms with E-state index in [0.717, 1.165) is 54.6 Å². The number of rotatable bonds is 11. The van der Waals surface area contributed by atoms with Gasteiger partial charge in [-0.15, -0.1) is 0 Å². The lowest BCUT2D eigenvalue weighted by Crippen LogP contribution is -2.46. The molecule has 0 N–H and O–H groups in total. The quantitative estimate of drug-likeness (QED) is 0.0803. The summed E-state index contributed by atoms with van der Waals surface area (Å²) < 4.78 is 0. The number of carbonyl (C=O) groups is 1. The van der Waals surface area contributed by atoms with Crippen molar-refractivity contribution in [2.45, 2.75) is 23.9 Å². The van der Waals surface area contributed by atoms with Gasteiger partial charge in [0.05, 0.1) is 0 Å². The molecule has 234 valence electrons. The van der Waals surface area contributed by atoms with Crippen LogP contribution in [0.5, 0.6) is 0 Å². The number of nitrogens with zero attached hydrogens (tertiary/aromatic N) is 5. The zero-order valence-corrected chi connectivity index (χ0v) is 27.8. The molecular formula is C37H35Cl2N5OS. The maximum atomic E-state index is 13.7. The fraction of sp³-hybridized carbons (Fsp3) is 0.216. The molecule has 2 heterocycles. The predicted molar refractivity (Wildman–Crippen MR) is 190 cm³/mol. The highest BCUT2D eigenvalue weighted by Crippen LogP contribution is 2.27. The largest absolute Gasteiger partial charge is 0.368 e. The van der Waals surface area contributed by atoms with Gasteiger partial charge in [0.2, 0.25) is 0 Å². The van der Waals surface area contributed by atoms with Crippen molar-refractivity contribution in [1.82, 2.24) is 14.9 Å². The van der Waals surface area contributed by atoms with Crippen LogP contribution in [0.3, 0.4) is 0 Å². The van der Waals surface area contributed by atoms with Gasteiger partial charge in [0.15, 0.2) is 5.16 Å². The number of hydrogen-bond donors (Lipinski definition) is 0. The zero-order valence-electron chi connectivity index (χ0n) is 25.4. The number of aromatic nitrogens is 2. The van der Waals surface area contributed by atoms with Crippen LogP contribution in [-0.4, -0.2) is 53.5 Å². The van der Waals surface area contributed by atoms with Crippen molar-refractivity contribution < 1.29 is 4.79 Å². The van der Waals surface area contributed by atoms with Gasteiger partial charge in [-0.05, 0) is 59.5 Å². The minimum absolute atomic E-state index is 0.0259. The first-order valence-electron chi connectivity index (χ1n) is 15.4. The van der Waals surface area contributed by atoms with Gasteiger partial charge >= 0.3 is 0 Å². The Bertz CT molecular complexity index is 1720. The van der Waals surface area contributed by atoms with E-state index in [1.165, 1.54) is 11.3 Å². The number of halogens is 2. The molecule has 0 bridgehead atoms. The van der Waals surface area contributed by atoms with Crippen molar-refractivity contribution in [3.8, 4) is 0 Å². The highest BCUT2D eigenvalue weighted by Gasteiger charge is 2.20. The molecule has 1 amide bonds. The van der Waals surface area contributed by atoms with E-state index in [0.29, 0.717) is 34.7 Å². The molecule has 0 saturated carbocycles. The van der Waals surface area contributed by atoms with Crippen molar-refractivity contribution in [2.75, 3.05) is 42.5 Å². The third-order valence-electron chi connectivity index (χ3n) is 8.04. The molecule has 1 fully saturated rings. The predicted octanol–water partition coefficient (Wildman–Crippen LogP) is 8.29. The van der Waals surface area contributed by atoms with Gasteiger partial charge in [0.1, 0.15) is 11.0 Å². The van der Waals surface area contributed by atoms with Crippen molar-refractivity contribution in [3.63, 3.8) is 0 Å². The molecule has 1 aliphatic heterocycles. The monoisotopic (exact) mass is 667 g/mol. The smallest absolute Gasteiger partial charge is 0.254 e. The lowest BCUT2D eigenvalue weighted by atomic mass is 10.1. The van der Waals surface area contributed by atoms with Crippen molar-refractivity contribution in [1.29, 1.82) is 0 Å². The molecule has 4 aromatic carbocycles. The van der Waals surface area contributed by atoms with Gasteiger partial charge in [0.25, 0.3) is 5.91 Å². The lowest BCUT2D eigenvalue weighted by Gasteiger charge is -2.36. The topological polar surface area (TPSA) is 52.6 Å². The maximum Gasteiger partial charge on any atom is 0.254 e. The van der Waals surface area contributed by atoms with Gasteiger partial charge in [-0.25, -0.2) is 9.97 Å². The minimum atomic E-state index is 0.0259. The Hall–Kier alpha value is -4.04. The zero-order chi connectivity index (χ0) is 31.7. The molecule has 46 heavy (non-hydrogen) atoms. The number of hydrogen-bond acceptors (Lipinski definition) is 6. The third kappa shape index (κ3) is 8.60. The second-order valence-electron chi connectivity index (χ2n) is 11.2. The lowest BCUT2D eigenvalue weighted by molar-refractivity contribution is 0.0745. The number of thioether (sulfide) groups is 1. The van der Waals surface area contributed by atoms with Crippen molar-refractivity contribution >= 4 is 52.4 Å². The highest BCUT2D eigenvalue weighted by molar-refractivity contribution is 7.98. The van der Waals surface area contributed by atoms with Gasteiger partial charge < -0.3 is 14.7 Å². The van der Waals surface area contributed by atoms with E-state index in [1.807, 2.05) is 83.8 Å². The molecule has 9 heteroatoms. The molecule has 5 aromatic rings. The summed E-state index contributed by atoms with van der Waals surface area (Å²) in [5, 5.41) is 1.81. The average molecular weight is 669 g/mol. The van der Waals surface area contributed by atoms with Crippen LogP contribution in [0.4, 0.5) is 11.5 Å². The van der Waals surface area contributed by atoms with Crippen LogP contribution in [0.2, 0.25) is 10.2 Å². The highest BCUT2D eigenvalue weighted by atomic mass is 35.5. The Morgan fingerprint density at radius 2 is 1.35 bits per heavy atom. The number of amides is 1. The normalized spacial score (nSPS) is 13.1. The second-order valence-corrected chi connectivity index (χ2v) is 13.0. The summed E-state index contributed by atoms with van der Waals surface area (Å²) in [4.78, 5) is 29.5. The van der Waals surface area contributed by atoms with E-state index in [1.54, 1.807) is 11.8 Å². The van der Waals surface area contributed by atoms with Crippen LogP contribution >= 0.6 is 35.0 Å². The molecule has 0 atom stereocenters. The number of benzene rings is 4. The van der Waals surface area contributed by atoms with Crippen molar-refractivity contribution in [2.24, 2.45) is 0 Å². The van der Waals surface area contributed by atoms with E-state index < -0.39 is 0 Å². The summed E-state index contributed by atoms with van der Waals surface area (Å²) in [5.41, 5.74) is 5.26. The Kier molecular flexibility index (Phi) is 10.8. The summed E-state index contributed by atoms with van der Waals surface area (Å²) in [6.45, 7) is 4.64. The summed E-state index contributed by atoms with van der Waals surface area (Å²) in [7, 11) is 0. The van der Waals surface area contributed by atoms with Gasteiger partial charge in [0, 0.05) is 67.4 Å². The summed E-state index contributed by atoms with van der Waals surface area (Å²) >= 11 is 14.0. The van der Waals surface area contributed by atoms with E-state index in [-0.39, 0.29) is 5.91 Å². The first-order chi connectivity index (χ1) is 22.5. The molecule has 0 radical (unpaired) electrons. The Labute approximate surface area is 285 Å². The van der Waals surface area contributed by atoms with Gasteiger partial charge in [-0.2, -0.15) is 0 Å². The van der Waals surface area contributed by atoms with Crippen LogP contribution in [0.1, 0.15) is 27.0 Å². The summed E-state index contributed by atoms with van der Waals surface area (Å²) in [6, 6.07) is 38.1. The van der Waals surface area contributed by atoms with E-state index in [2.05, 4.69) is 51.2 Å². The summed E-state index contributed by atoms with van der Waals surface area (Å²) in [6.07, 6.45) is 0.799. The molecule has 0 unspecified atom stereocenters. The Morgan fingerprint density at radius 1 is 0.717 bits per heavy atom. The number of anilines is 2. The molecular weight excluding hydrogens is 633 g/mol. The third-order valence-corrected chi connectivity index (χ3v) is 9.41. The fourth-order valence-corrected chi connectivity index (χ4v) is 6.66. The number of carbonyl (C=O) groups excluding carboxylic acids is 1. The van der Waals surface area contributed by atoms with Crippen LogP contribution in [0.25, 0.3) is 0 Å². The molecule has 6 rings (SSSR count). The van der Waals surface area contributed by atoms with E-state index in [4.69, 9.17) is 28.2 Å². The molecule has 1 aliphatic rings. The average Bonchev–Trinajstić information content (AvgIpc) is 3.10. The van der Waals surface area contributed by atoms with Crippen LogP contribution in [-0.2, 0) is 18.7 Å². The molecule has 1 saturated heterocycles. The van der Waals surface area contributed by atoms with Gasteiger partial charge in [-0.3, -0.25) is 4.79 Å². The van der Waals surface area contributed by atoms with Crippen LogP contribution in [0.15, 0.2) is 120 Å². The van der Waals surface area contributed by atoms with Crippen LogP contribution in [0, 0.1) is 0 Å². The second kappa shape index (κ2) is 15.5. The fourth-order valence-electron chi connectivity index (χ4n) is 5.50. The maximum absolute atomic E-state index is 13.7. The first-order valence-corrected chi connectivity index (χ1v) is 17.1. The Morgan fingerprint density at radius 3 is 2.02 bits per heavy atom. The standard InChI is InChI=1S/C37H35Cl2N5OS/c38-32-15-17-33(18-16-32)42-21-23-43(24-22-42)35-25-34(39)40-37(41-35)46-27-30-11-13-31(14-12-30)36(45)44(26-29-9-5-2-6-10-29)20-19-28-7-3-1-4-8-28/h1-18,25H,19-24,26-27H2. The van der Waals surface area contributed by atoms with Crippen LogP contribution < -0.4 is 9.80 Å². The minimum Gasteiger partial charge on any atom is -0.368 e. The van der Waals surface area contributed by atoms with Crippen molar-refractivity contribution in [3.05, 3.63) is 148 Å². The molecule has 1 aromatic heterocycles. The van der Waals surface area contributed by atoms with Gasteiger partial charge in [-0.1, -0.05) is 108 Å². The molecule has 0 spiro atoms.